The zero-order valence-electron chi connectivity index (χ0n) is 19.9. The van der Waals surface area contributed by atoms with Crippen LogP contribution in [0.5, 0.6) is 5.75 Å². The molecule has 31 heavy (non-hydrogen) atoms. The first-order valence-corrected chi connectivity index (χ1v) is 10.6. The molecule has 166 valence electrons. The van der Waals surface area contributed by atoms with Crippen molar-refractivity contribution in [1.29, 1.82) is 0 Å². The molecule has 0 amide bonds. The molecule has 0 heterocycles. The van der Waals surface area contributed by atoms with Crippen molar-refractivity contribution in [2.45, 2.75) is 65.4 Å². The van der Waals surface area contributed by atoms with Crippen molar-refractivity contribution in [1.82, 2.24) is 0 Å². The van der Waals surface area contributed by atoms with E-state index in [2.05, 4.69) is 59.4 Å². The highest BCUT2D eigenvalue weighted by atomic mass is 16.5. The van der Waals surface area contributed by atoms with Gasteiger partial charge in [0.2, 0.25) is 0 Å². The maximum Gasteiger partial charge on any atom is 0.338 e. The lowest BCUT2D eigenvalue weighted by atomic mass is 9.78. The van der Waals surface area contributed by atoms with Crippen LogP contribution in [0.25, 0.3) is 0 Å². The second kappa shape index (κ2) is 9.58. The molecule has 0 aliphatic heterocycles. The van der Waals surface area contributed by atoms with Gasteiger partial charge >= 0.3 is 5.97 Å². The van der Waals surface area contributed by atoms with Crippen molar-refractivity contribution in [3.8, 4) is 17.6 Å². The zero-order valence-corrected chi connectivity index (χ0v) is 19.9. The van der Waals surface area contributed by atoms with Crippen LogP contribution in [-0.2, 0) is 15.6 Å². The van der Waals surface area contributed by atoms with E-state index in [1.807, 2.05) is 6.07 Å². The molecule has 2 aromatic rings. The van der Waals surface area contributed by atoms with E-state index in [0.29, 0.717) is 29.0 Å². The Morgan fingerprint density at radius 2 is 1.65 bits per heavy atom. The largest absolute Gasteiger partial charge is 0.496 e. The van der Waals surface area contributed by atoms with Gasteiger partial charge in [-0.05, 0) is 53.6 Å². The Labute approximate surface area is 186 Å². The van der Waals surface area contributed by atoms with E-state index >= 15 is 0 Å². The minimum atomic E-state index is -1.01. The molecule has 0 bridgehead atoms. The SMILES string of the molecule is CCOC(=O)c1ccc(C#CC(O)c2cc(C(C)(C)C)cc(C(C)(C)C)c2OC)cc1. The Balaban J connectivity index is 2.46. The van der Waals surface area contributed by atoms with E-state index in [0.717, 1.165) is 11.1 Å². The van der Waals surface area contributed by atoms with Crippen molar-refractivity contribution in [3.63, 3.8) is 0 Å². The summed E-state index contributed by atoms with van der Waals surface area (Å²) < 4.78 is 10.7. The van der Waals surface area contributed by atoms with E-state index < -0.39 is 6.10 Å². The van der Waals surface area contributed by atoms with Crippen LogP contribution < -0.4 is 4.74 Å². The highest BCUT2D eigenvalue weighted by Gasteiger charge is 2.27. The van der Waals surface area contributed by atoms with Crippen LogP contribution in [0, 0.1) is 11.8 Å². The number of methoxy groups -OCH3 is 1. The molecule has 1 N–H and O–H groups in total. The van der Waals surface area contributed by atoms with Crippen LogP contribution in [0.15, 0.2) is 36.4 Å². The fourth-order valence-corrected chi connectivity index (χ4v) is 3.21. The van der Waals surface area contributed by atoms with Crippen LogP contribution >= 0.6 is 0 Å². The average molecular weight is 423 g/mol. The average Bonchev–Trinajstić information content (AvgIpc) is 2.70. The Kier molecular flexibility index (Phi) is 7.57. The Morgan fingerprint density at radius 1 is 1.03 bits per heavy atom. The molecule has 4 nitrogen and oxygen atoms in total. The van der Waals surface area contributed by atoms with Crippen molar-refractivity contribution >= 4 is 5.97 Å². The third-order valence-corrected chi connectivity index (χ3v) is 5.04. The number of rotatable bonds is 4. The summed E-state index contributed by atoms with van der Waals surface area (Å²) in [5.74, 6) is 6.24. The molecule has 0 aromatic heterocycles. The van der Waals surface area contributed by atoms with Gasteiger partial charge in [0.05, 0.1) is 19.3 Å². The molecule has 1 unspecified atom stereocenters. The van der Waals surface area contributed by atoms with Gasteiger partial charge in [-0.1, -0.05) is 59.4 Å². The molecule has 0 radical (unpaired) electrons. The van der Waals surface area contributed by atoms with E-state index in [1.54, 1.807) is 38.3 Å². The van der Waals surface area contributed by atoms with Gasteiger partial charge in [-0.3, -0.25) is 0 Å². The number of ether oxygens (including phenoxy) is 2. The summed E-state index contributed by atoms with van der Waals surface area (Å²) in [6.07, 6.45) is -1.01. The number of hydrogen-bond donors (Lipinski definition) is 1. The molecule has 0 fully saturated rings. The number of aliphatic hydroxyl groups excluding tert-OH is 1. The maximum absolute atomic E-state index is 11.8. The van der Waals surface area contributed by atoms with Gasteiger partial charge in [-0.2, -0.15) is 0 Å². The van der Waals surface area contributed by atoms with Crippen molar-refractivity contribution in [2.24, 2.45) is 0 Å². The van der Waals surface area contributed by atoms with E-state index in [1.165, 1.54) is 0 Å². The highest BCUT2D eigenvalue weighted by molar-refractivity contribution is 5.89. The molecule has 2 aromatic carbocycles. The number of hydrogen-bond acceptors (Lipinski definition) is 4. The van der Waals surface area contributed by atoms with Crippen LogP contribution in [0.3, 0.4) is 0 Å². The molecule has 0 aliphatic rings. The standard InChI is InChI=1S/C27H34O4/c1-9-31-25(29)19-13-10-18(11-14-19)12-15-23(28)21-16-20(26(2,3)4)17-22(24(21)30-8)27(5,6)7/h10-11,13-14,16-17,23,28H,9H2,1-8H3. The van der Waals surface area contributed by atoms with E-state index in [-0.39, 0.29) is 16.8 Å². The highest BCUT2D eigenvalue weighted by Crippen LogP contribution is 2.40. The molecule has 4 heteroatoms. The normalized spacial score (nSPS) is 12.5. The molecular formula is C27H34O4. The number of aliphatic hydroxyl groups is 1. The maximum atomic E-state index is 11.8. The predicted octanol–water partition coefficient (Wildman–Crippen LogP) is 5.55. The summed E-state index contributed by atoms with van der Waals surface area (Å²) in [7, 11) is 1.62. The lowest BCUT2D eigenvalue weighted by molar-refractivity contribution is 0.0526. The van der Waals surface area contributed by atoms with Crippen LogP contribution in [0.4, 0.5) is 0 Å². The van der Waals surface area contributed by atoms with Gasteiger partial charge in [-0.15, -0.1) is 0 Å². The lowest BCUT2D eigenvalue weighted by Crippen LogP contribution is -2.19. The van der Waals surface area contributed by atoms with Crippen molar-refractivity contribution in [3.05, 3.63) is 64.2 Å². The zero-order chi connectivity index (χ0) is 23.4. The first-order chi connectivity index (χ1) is 14.4. The summed E-state index contributed by atoms with van der Waals surface area (Å²) >= 11 is 0. The Morgan fingerprint density at radius 3 is 2.13 bits per heavy atom. The van der Waals surface area contributed by atoms with Crippen molar-refractivity contribution in [2.75, 3.05) is 13.7 Å². The van der Waals surface area contributed by atoms with Gasteiger partial charge in [0.1, 0.15) is 11.9 Å². The second-order valence-electron chi connectivity index (χ2n) is 9.62. The first-order valence-electron chi connectivity index (χ1n) is 10.6. The molecule has 0 aliphatic carbocycles. The van der Waals surface area contributed by atoms with Gasteiger partial charge in [-0.25, -0.2) is 4.79 Å². The number of carbonyl (C=O) groups is 1. The summed E-state index contributed by atoms with van der Waals surface area (Å²) in [6.45, 7) is 14.9. The first kappa shape index (κ1) is 24.5. The van der Waals surface area contributed by atoms with Crippen LogP contribution in [0.2, 0.25) is 0 Å². The number of benzene rings is 2. The molecule has 2 rings (SSSR count). The summed E-state index contributed by atoms with van der Waals surface area (Å²) in [5, 5.41) is 11.0. The summed E-state index contributed by atoms with van der Waals surface area (Å²) in [5.41, 5.74) is 3.76. The van der Waals surface area contributed by atoms with Gasteiger partial charge in [0.25, 0.3) is 0 Å². The molecular weight excluding hydrogens is 388 g/mol. The predicted molar refractivity (Wildman–Crippen MR) is 125 cm³/mol. The lowest BCUT2D eigenvalue weighted by Gasteiger charge is -2.29. The Hall–Kier alpha value is -2.77. The van der Waals surface area contributed by atoms with Crippen LogP contribution in [-0.4, -0.2) is 24.8 Å². The van der Waals surface area contributed by atoms with Gasteiger partial charge in [0.15, 0.2) is 0 Å². The van der Waals surface area contributed by atoms with E-state index in [4.69, 9.17) is 9.47 Å². The third kappa shape index (κ3) is 6.12. The fraction of sp³-hybridized carbons (Fsp3) is 0.444. The molecule has 0 saturated heterocycles. The molecule has 0 saturated carbocycles. The van der Waals surface area contributed by atoms with Gasteiger partial charge < -0.3 is 14.6 Å². The second-order valence-corrected chi connectivity index (χ2v) is 9.62. The molecule has 1 atom stereocenters. The smallest absolute Gasteiger partial charge is 0.338 e. The third-order valence-electron chi connectivity index (χ3n) is 5.04. The minimum Gasteiger partial charge on any atom is -0.496 e. The minimum absolute atomic E-state index is 0.0862. The fourth-order valence-electron chi connectivity index (χ4n) is 3.21. The number of carbonyl (C=O) groups excluding carboxylic acids is 1. The molecule has 0 spiro atoms. The number of esters is 1. The van der Waals surface area contributed by atoms with Crippen LogP contribution in [0.1, 0.15) is 87.2 Å². The van der Waals surface area contributed by atoms with E-state index in [9.17, 15) is 9.90 Å². The topological polar surface area (TPSA) is 55.8 Å². The summed E-state index contributed by atoms with van der Waals surface area (Å²) in [4.78, 5) is 11.8. The van der Waals surface area contributed by atoms with Gasteiger partial charge in [0, 0.05) is 16.7 Å². The quantitative estimate of drug-likeness (QED) is 0.518. The monoisotopic (exact) mass is 422 g/mol. The summed E-state index contributed by atoms with van der Waals surface area (Å²) in [6, 6.07) is 11.0. The Bertz CT molecular complexity index is 977. The van der Waals surface area contributed by atoms with Crippen molar-refractivity contribution < 1.29 is 19.4 Å².